The Balaban J connectivity index is 1.87. The first-order valence-corrected chi connectivity index (χ1v) is 9.74. The van der Waals surface area contributed by atoms with Crippen molar-refractivity contribution in [3.8, 4) is 11.4 Å². The number of anilines is 1. The zero-order chi connectivity index (χ0) is 18.9. The highest BCUT2D eigenvalue weighted by atomic mass is 16.5. The van der Waals surface area contributed by atoms with Gasteiger partial charge in [0.05, 0.1) is 0 Å². The number of carbonyl (C=O) groups is 1. The van der Waals surface area contributed by atoms with Crippen LogP contribution < -0.4 is 10.2 Å². The molecule has 0 unspecified atom stereocenters. The van der Waals surface area contributed by atoms with Crippen LogP contribution in [0.3, 0.4) is 0 Å². The highest BCUT2D eigenvalue weighted by Gasteiger charge is 2.17. The summed E-state index contributed by atoms with van der Waals surface area (Å²) in [7, 11) is 1.66. The Morgan fingerprint density at radius 2 is 1.85 bits per heavy atom. The van der Waals surface area contributed by atoms with Crippen molar-refractivity contribution >= 4 is 11.7 Å². The van der Waals surface area contributed by atoms with Gasteiger partial charge in [-0.15, -0.1) is 0 Å². The third-order valence-electron chi connectivity index (χ3n) is 4.72. The Morgan fingerprint density at radius 3 is 2.56 bits per heavy atom. The maximum atomic E-state index is 12.6. The zero-order valence-corrected chi connectivity index (χ0v) is 16.0. The quantitative estimate of drug-likeness (QED) is 0.760. The molecule has 1 fully saturated rings. The lowest BCUT2D eigenvalue weighted by atomic mass is 10.2. The molecule has 27 heavy (non-hydrogen) atoms. The number of methoxy groups -OCH3 is 1. The van der Waals surface area contributed by atoms with Gasteiger partial charge in [-0.2, -0.15) is 0 Å². The second kappa shape index (κ2) is 10.0. The van der Waals surface area contributed by atoms with E-state index in [1.807, 2.05) is 36.4 Å². The van der Waals surface area contributed by atoms with Crippen LogP contribution in [0.15, 0.2) is 36.4 Å². The molecule has 2 aromatic rings. The fraction of sp³-hybridized carbons (Fsp3) is 0.476. The number of nitrogens with one attached hydrogen (secondary N) is 1. The summed E-state index contributed by atoms with van der Waals surface area (Å²) < 4.78 is 5.03. The van der Waals surface area contributed by atoms with Gasteiger partial charge in [0, 0.05) is 45.0 Å². The van der Waals surface area contributed by atoms with Crippen LogP contribution >= 0.6 is 0 Å². The standard InChI is InChI=1S/C21H28N4O2/c1-27-15-9-12-22-21(26)18-16-19(25-13-7-2-3-8-14-25)24-20(23-18)17-10-5-4-6-11-17/h4-6,10-11,16H,2-3,7-9,12-15H2,1H3,(H,22,26). The van der Waals surface area contributed by atoms with E-state index in [1.54, 1.807) is 7.11 Å². The number of hydrogen-bond donors (Lipinski definition) is 1. The van der Waals surface area contributed by atoms with Gasteiger partial charge in [0.1, 0.15) is 11.5 Å². The predicted molar refractivity (Wildman–Crippen MR) is 107 cm³/mol. The van der Waals surface area contributed by atoms with Crippen LogP contribution in [-0.2, 0) is 4.74 Å². The van der Waals surface area contributed by atoms with E-state index in [2.05, 4.69) is 15.2 Å². The first-order valence-electron chi connectivity index (χ1n) is 9.74. The summed E-state index contributed by atoms with van der Waals surface area (Å²) in [5.74, 6) is 1.27. The molecule has 1 aliphatic rings. The molecule has 3 rings (SSSR count). The predicted octanol–water partition coefficient (Wildman–Crippen LogP) is 3.29. The molecule has 1 amide bonds. The average molecular weight is 368 g/mol. The van der Waals surface area contributed by atoms with Crippen molar-refractivity contribution in [3.05, 3.63) is 42.1 Å². The third-order valence-corrected chi connectivity index (χ3v) is 4.72. The summed E-state index contributed by atoms with van der Waals surface area (Å²) in [4.78, 5) is 24.2. The largest absolute Gasteiger partial charge is 0.385 e. The fourth-order valence-electron chi connectivity index (χ4n) is 3.24. The number of carbonyl (C=O) groups excluding carboxylic acids is 1. The first kappa shape index (κ1) is 19.3. The van der Waals surface area contributed by atoms with Gasteiger partial charge in [-0.05, 0) is 19.3 Å². The Hall–Kier alpha value is -2.47. The lowest BCUT2D eigenvalue weighted by molar-refractivity contribution is 0.0943. The summed E-state index contributed by atoms with van der Waals surface area (Å²) in [5, 5.41) is 2.93. The molecule has 0 radical (unpaired) electrons. The van der Waals surface area contributed by atoms with Gasteiger partial charge in [-0.25, -0.2) is 9.97 Å². The topological polar surface area (TPSA) is 67.3 Å². The van der Waals surface area contributed by atoms with Gasteiger partial charge in [0.2, 0.25) is 0 Å². The summed E-state index contributed by atoms with van der Waals surface area (Å²) in [5.41, 5.74) is 1.34. The van der Waals surface area contributed by atoms with Crippen molar-refractivity contribution < 1.29 is 9.53 Å². The van der Waals surface area contributed by atoms with Gasteiger partial charge in [0.25, 0.3) is 5.91 Å². The maximum absolute atomic E-state index is 12.6. The molecule has 1 aromatic heterocycles. The molecule has 0 saturated carbocycles. The smallest absolute Gasteiger partial charge is 0.270 e. The van der Waals surface area contributed by atoms with E-state index in [-0.39, 0.29) is 5.91 Å². The van der Waals surface area contributed by atoms with Crippen molar-refractivity contribution in [2.45, 2.75) is 32.1 Å². The third kappa shape index (κ3) is 5.50. The molecule has 1 N–H and O–H groups in total. The normalized spacial score (nSPS) is 14.6. The molecule has 6 heteroatoms. The molecule has 0 atom stereocenters. The van der Waals surface area contributed by atoms with Crippen LogP contribution in [0.2, 0.25) is 0 Å². The van der Waals surface area contributed by atoms with E-state index < -0.39 is 0 Å². The van der Waals surface area contributed by atoms with E-state index >= 15 is 0 Å². The van der Waals surface area contributed by atoms with Crippen LogP contribution in [0.1, 0.15) is 42.6 Å². The molecule has 144 valence electrons. The van der Waals surface area contributed by atoms with Crippen molar-refractivity contribution in [2.24, 2.45) is 0 Å². The van der Waals surface area contributed by atoms with Crippen LogP contribution in [0.25, 0.3) is 11.4 Å². The summed E-state index contributed by atoms with van der Waals surface area (Å²) in [6.07, 6.45) is 5.59. The number of hydrogen-bond acceptors (Lipinski definition) is 5. The van der Waals surface area contributed by atoms with E-state index in [4.69, 9.17) is 9.72 Å². The van der Waals surface area contributed by atoms with E-state index in [0.717, 1.165) is 43.7 Å². The Morgan fingerprint density at radius 1 is 1.11 bits per heavy atom. The maximum Gasteiger partial charge on any atom is 0.270 e. The summed E-state index contributed by atoms with van der Waals surface area (Å²) in [6, 6.07) is 11.7. The van der Waals surface area contributed by atoms with Crippen LogP contribution in [-0.4, -0.2) is 49.2 Å². The molecular weight excluding hydrogens is 340 g/mol. The Kier molecular flexibility index (Phi) is 7.16. The van der Waals surface area contributed by atoms with Gasteiger partial charge < -0.3 is 15.0 Å². The molecule has 6 nitrogen and oxygen atoms in total. The molecule has 1 aliphatic heterocycles. The summed E-state index contributed by atoms with van der Waals surface area (Å²) >= 11 is 0. The second-order valence-electron chi connectivity index (χ2n) is 6.80. The molecule has 1 saturated heterocycles. The van der Waals surface area contributed by atoms with E-state index in [9.17, 15) is 4.79 Å². The minimum absolute atomic E-state index is 0.165. The van der Waals surface area contributed by atoms with Crippen LogP contribution in [0.4, 0.5) is 5.82 Å². The monoisotopic (exact) mass is 368 g/mol. The number of rotatable bonds is 7. The second-order valence-corrected chi connectivity index (χ2v) is 6.80. The fourth-order valence-corrected chi connectivity index (χ4v) is 3.24. The molecule has 1 aromatic carbocycles. The average Bonchev–Trinajstić information content (AvgIpc) is 3.01. The molecular formula is C21H28N4O2. The lowest BCUT2D eigenvalue weighted by Crippen LogP contribution is -2.29. The summed E-state index contributed by atoms with van der Waals surface area (Å²) in [6.45, 7) is 3.13. The molecule has 0 bridgehead atoms. The van der Waals surface area contributed by atoms with Crippen molar-refractivity contribution in [1.29, 1.82) is 0 Å². The minimum Gasteiger partial charge on any atom is -0.385 e. The van der Waals surface area contributed by atoms with Crippen LogP contribution in [0, 0.1) is 0 Å². The van der Waals surface area contributed by atoms with Gasteiger partial charge in [-0.1, -0.05) is 43.2 Å². The van der Waals surface area contributed by atoms with Gasteiger partial charge in [-0.3, -0.25) is 4.79 Å². The molecule has 0 spiro atoms. The number of amides is 1. The van der Waals surface area contributed by atoms with Crippen LogP contribution in [0.5, 0.6) is 0 Å². The van der Waals surface area contributed by atoms with Gasteiger partial charge >= 0.3 is 0 Å². The first-order chi connectivity index (χ1) is 13.3. The van der Waals surface area contributed by atoms with E-state index in [0.29, 0.717) is 24.7 Å². The zero-order valence-electron chi connectivity index (χ0n) is 16.0. The SMILES string of the molecule is COCCCNC(=O)c1cc(N2CCCCCC2)nc(-c2ccccc2)n1. The van der Waals surface area contributed by atoms with Crippen molar-refractivity contribution in [3.63, 3.8) is 0 Å². The lowest BCUT2D eigenvalue weighted by Gasteiger charge is -2.22. The minimum atomic E-state index is -0.165. The molecule has 2 heterocycles. The highest BCUT2D eigenvalue weighted by molar-refractivity contribution is 5.93. The number of ether oxygens (including phenoxy) is 1. The Bertz CT molecular complexity index is 728. The van der Waals surface area contributed by atoms with E-state index in [1.165, 1.54) is 12.8 Å². The number of aromatic nitrogens is 2. The number of nitrogens with zero attached hydrogens (tertiary/aromatic N) is 3. The highest BCUT2D eigenvalue weighted by Crippen LogP contribution is 2.22. The van der Waals surface area contributed by atoms with Crippen molar-refractivity contribution in [2.75, 3.05) is 38.3 Å². The number of benzene rings is 1. The Labute approximate surface area is 161 Å². The van der Waals surface area contributed by atoms with Crippen molar-refractivity contribution in [1.82, 2.24) is 15.3 Å². The van der Waals surface area contributed by atoms with Gasteiger partial charge in [0.15, 0.2) is 5.82 Å². The molecule has 0 aliphatic carbocycles.